The second kappa shape index (κ2) is 6.16. The molecule has 6 nitrogen and oxygen atoms in total. The van der Waals surface area contributed by atoms with Crippen molar-refractivity contribution in [3.63, 3.8) is 0 Å². The molecule has 0 fully saturated rings. The van der Waals surface area contributed by atoms with Gasteiger partial charge in [0.05, 0.1) is 0 Å². The van der Waals surface area contributed by atoms with Gasteiger partial charge in [-0.15, -0.1) is 5.10 Å². The summed E-state index contributed by atoms with van der Waals surface area (Å²) in [4.78, 5) is 15.4. The quantitative estimate of drug-likeness (QED) is 0.533. The third kappa shape index (κ3) is 3.93. The Bertz CT molecular complexity index is 376. The van der Waals surface area contributed by atoms with E-state index in [2.05, 4.69) is 22.3 Å². The van der Waals surface area contributed by atoms with Crippen LogP contribution in [0.2, 0.25) is 0 Å². The van der Waals surface area contributed by atoms with Gasteiger partial charge in [-0.2, -0.15) is 0 Å². The zero-order valence-electron chi connectivity index (χ0n) is 9.14. The van der Waals surface area contributed by atoms with Gasteiger partial charge < -0.3 is 11.1 Å². The molecule has 1 heterocycles. The van der Waals surface area contributed by atoms with Crippen LogP contribution < -0.4 is 11.1 Å². The Hall–Kier alpha value is -1.50. The van der Waals surface area contributed by atoms with Crippen molar-refractivity contribution in [3.8, 4) is 0 Å². The van der Waals surface area contributed by atoms with Crippen LogP contribution in [0.15, 0.2) is 6.33 Å². The average molecular weight is 241 g/mol. The molecule has 1 aromatic heterocycles. The van der Waals surface area contributed by atoms with E-state index in [0.29, 0.717) is 6.54 Å². The van der Waals surface area contributed by atoms with Crippen molar-refractivity contribution in [2.24, 2.45) is 5.73 Å². The second-order valence-corrected chi connectivity index (χ2v) is 3.77. The Balaban J connectivity index is 2.40. The van der Waals surface area contributed by atoms with Gasteiger partial charge in [0, 0.05) is 6.54 Å². The lowest BCUT2D eigenvalue weighted by atomic mass is 10.3. The maximum absolute atomic E-state index is 11.4. The van der Waals surface area contributed by atoms with Crippen LogP contribution in [0.4, 0.5) is 0 Å². The van der Waals surface area contributed by atoms with Crippen LogP contribution in [-0.2, 0) is 11.3 Å². The van der Waals surface area contributed by atoms with Gasteiger partial charge in [-0.05, 0) is 6.42 Å². The minimum absolute atomic E-state index is 0.0900. The highest BCUT2D eigenvalue weighted by Crippen LogP contribution is 1.90. The molecule has 3 N–H and O–H groups in total. The molecule has 1 rings (SSSR count). The lowest BCUT2D eigenvalue weighted by molar-refractivity contribution is -0.121. The van der Waals surface area contributed by atoms with Crippen molar-refractivity contribution in [2.45, 2.75) is 26.3 Å². The van der Waals surface area contributed by atoms with Crippen LogP contribution in [0.1, 0.15) is 25.6 Å². The van der Waals surface area contributed by atoms with Gasteiger partial charge in [0.15, 0.2) is 0 Å². The summed E-state index contributed by atoms with van der Waals surface area (Å²) in [5, 5.41) is 6.74. The average Bonchev–Trinajstić information content (AvgIpc) is 2.66. The van der Waals surface area contributed by atoms with E-state index in [1.165, 1.54) is 11.0 Å². The number of carbonyl (C=O) groups is 1. The predicted molar refractivity (Wildman–Crippen MR) is 63.8 cm³/mol. The molecule has 1 amide bonds. The Morgan fingerprint density at radius 1 is 1.69 bits per heavy atom. The van der Waals surface area contributed by atoms with Crippen molar-refractivity contribution in [1.82, 2.24) is 20.1 Å². The summed E-state index contributed by atoms with van der Waals surface area (Å²) in [6, 6.07) is 0. The number of amides is 1. The lowest BCUT2D eigenvalue weighted by Crippen LogP contribution is -2.28. The van der Waals surface area contributed by atoms with E-state index in [0.717, 1.165) is 12.8 Å². The third-order valence-electron chi connectivity index (χ3n) is 1.91. The van der Waals surface area contributed by atoms with Crippen LogP contribution in [0.25, 0.3) is 0 Å². The molecule has 0 saturated heterocycles. The fourth-order valence-corrected chi connectivity index (χ4v) is 1.18. The smallest absolute Gasteiger partial charge is 0.241 e. The Morgan fingerprint density at radius 3 is 3.00 bits per heavy atom. The molecule has 0 saturated carbocycles. The Labute approximate surface area is 99.2 Å². The van der Waals surface area contributed by atoms with E-state index in [4.69, 9.17) is 18.0 Å². The molecule has 0 aliphatic heterocycles. The molecule has 0 bridgehead atoms. The van der Waals surface area contributed by atoms with E-state index in [-0.39, 0.29) is 23.3 Å². The largest absolute Gasteiger partial charge is 0.387 e. The minimum Gasteiger partial charge on any atom is -0.387 e. The van der Waals surface area contributed by atoms with Crippen LogP contribution in [-0.4, -0.2) is 32.2 Å². The molecule has 0 aromatic carbocycles. The number of hydrogen-bond acceptors (Lipinski definition) is 4. The van der Waals surface area contributed by atoms with Crippen LogP contribution >= 0.6 is 12.2 Å². The van der Waals surface area contributed by atoms with E-state index in [1.54, 1.807) is 0 Å². The van der Waals surface area contributed by atoms with Crippen molar-refractivity contribution in [3.05, 3.63) is 12.2 Å². The van der Waals surface area contributed by atoms with Gasteiger partial charge in [0.1, 0.15) is 17.9 Å². The van der Waals surface area contributed by atoms with Gasteiger partial charge >= 0.3 is 0 Å². The molecule has 1 aromatic rings. The van der Waals surface area contributed by atoms with E-state index < -0.39 is 0 Å². The monoisotopic (exact) mass is 241 g/mol. The Morgan fingerprint density at radius 2 is 2.44 bits per heavy atom. The molecule has 0 aliphatic rings. The van der Waals surface area contributed by atoms with Crippen molar-refractivity contribution in [1.29, 1.82) is 0 Å². The van der Waals surface area contributed by atoms with E-state index in [9.17, 15) is 4.79 Å². The third-order valence-corrected chi connectivity index (χ3v) is 2.10. The maximum atomic E-state index is 11.4. The SMILES string of the molecule is CCCCNC(=O)Cn1cnc(C(N)=S)n1. The number of hydrogen-bond donors (Lipinski definition) is 2. The zero-order chi connectivity index (χ0) is 12.0. The lowest BCUT2D eigenvalue weighted by Gasteiger charge is -2.03. The number of rotatable bonds is 6. The molecule has 0 radical (unpaired) electrons. The molecule has 0 unspecified atom stereocenters. The zero-order valence-corrected chi connectivity index (χ0v) is 9.96. The molecule has 0 spiro atoms. The fraction of sp³-hybridized carbons (Fsp3) is 0.556. The molecular formula is C9H15N5OS. The van der Waals surface area contributed by atoms with Gasteiger partial charge in [-0.3, -0.25) is 4.79 Å². The van der Waals surface area contributed by atoms with Gasteiger partial charge in [0.2, 0.25) is 11.7 Å². The number of nitrogens with one attached hydrogen (secondary N) is 1. The fourth-order valence-electron chi connectivity index (χ4n) is 1.09. The molecule has 16 heavy (non-hydrogen) atoms. The summed E-state index contributed by atoms with van der Waals surface area (Å²) in [5.41, 5.74) is 5.35. The first kappa shape index (κ1) is 12.6. The minimum atomic E-state index is -0.0900. The topological polar surface area (TPSA) is 85.8 Å². The molecule has 0 aliphatic carbocycles. The van der Waals surface area contributed by atoms with Crippen molar-refractivity contribution in [2.75, 3.05) is 6.54 Å². The highest BCUT2D eigenvalue weighted by molar-refractivity contribution is 7.80. The summed E-state index contributed by atoms with van der Waals surface area (Å²) in [7, 11) is 0. The van der Waals surface area contributed by atoms with Crippen molar-refractivity contribution >= 4 is 23.1 Å². The Kier molecular flexibility index (Phi) is 4.84. The number of thiocarbonyl (C=S) groups is 1. The number of carbonyl (C=O) groups excluding carboxylic acids is 1. The summed E-state index contributed by atoms with van der Waals surface area (Å²) in [6.45, 7) is 2.89. The second-order valence-electron chi connectivity index (χ2n) is 3.33. The summed E-state index contributed by atoms with van der Waals surface area (Å²) >= 11 is 4.71. The summed E-state index contributed by atoms with van der Waals surface area (Å²) in [6.07, 6.45) is 3.46. The maximum Gasteiger partial charge on any atom is 0.241 e. The van der Waals surface area contributed by atoms with E-state index >= 15 is 0 Å². The predicted octanol–water partition coefficient (Wildman–Crippen LogP) is -0.171. The van der Waals surface area contributed by atoms with Gasteiger partial charge in [0.25, 0.3) is 0 Å². The standard InChI is InChI=1S/C9H15N5OS/c1-2-3-4-11-7(15)5-14-6-12-9(13-14)8(10)16/h6H,2-5H2,1H3,(H2,10,16)(H,11,15). The van der Waals surface area contributed by atoms with Crippen LogP contribution in [0, 0.1) is 0 Å². The number of aromatic nitrogens is 3. The summed E-state index contributed by atoms with van der Waals surface area (Å²) < 4.78 is 1.41. The molecule has 0 atom stereocenters. The number of nitrogens with zero attached hydrogens (tertiary/aromatic N) is 3. The molecule has 7 heteroatoms. The van der Waals surface area contributed by atoms with Gasteiger partial charge in [-0.1, -0.05) is 25.6 Å². The first-order valence-corrected chi connectivity index (χ1v) is 5.50. The summed E-state index contributed by atoms with van der Waals surface area (Å²) in [5.74, 6) is 0.198. The molecule has 88 valence electrons. The van der Waals surface area contributed by atoms with E-state index in [1.807, 2.05) is 0 Å². The number of nitrogens with two attached hydrogens (primary N) is 1. The van der Waals surface area contributed by atoms with Crippen LogP contribution in [0.3, 0.4) is 0 Å². The first-order chi connectivity index (χ1) is 7.63. The number of unbranched alkanes of at least 4 members (excludes halogenated alkanes) is 1. The van der Waals surface area contributed by atoms with Crippen molar-refractivity contribution < 1.29 is 4.79 Å². The first-order valence-electron chi connectivity index (χ1n) is 5.09. The highest BCUT2D eigenvalue weighted by atomic mass is 32.1. The van der Waals surface area contributed by atoms with Gasteiger partial charge in [-0.25, -0.2) is 9.67 Å². The highest BCUT2D eigenvalue weighted by Gasteiger charge is 2.06. The normalized spacial score (nSPS) is 10.1. The molecular weight excluding hydrogens is 226 g/mol. The van der Waals surface area contributed by atoms with Crippen LogP contribution in [0.5, 0.6) is 0 Å².